The Labute approximate surface area is 152 Å². The molecular weight excluding hydrogens is 336 g/mol. The fourth-order valence-corrected chi connectivity index (χ4v) is 3.81. The predicted octanol–water partition coefficient (Wildman–Crippen LogP) is 2.46. The van der Waals surface area contributed by atoms with E-state index in [1.807, 2.05) is 43.1 Å². The highest BCUT2D eigenvalue weighted by Gasteiger charge is 2.25. The Bertz CT molecular complexity index is 683. The van der Waals surface area contributed by atoms with E-state index in [9.17, 15) is 4.79 Å². The number of carbonyl (C=O) groups excluding carboxylic acids is 1. The van der Waals surface area contributed by atoms with E-state index < -0.39 is 0 Å². The van der Waals surface area contributed by atoms with E-state index in [1.54, 1.807) is 17.5 Å². The summed E-state index contributed by atoms with van der Waals surface area (Å²) >= 11 is 1.67. The number of rotatable bonds is 5. The van der Waals surface area contributed by atoms with Crippen LogP contribution in [0.3, 0.4) is 0 Å². The lowest BCUT2D eigenvalue weighted by Gasteiger charge is -2.27. The molecule has 1 amide bonds. The van der Waals surface area contributed by atoms with Crippen LogP contribution in [0.5, 0.6) is 0 Å². The standard InChI is InChI=1S/C17H26N6OS/c1-13(2)23-15(5-6-19-23)20-16(24)14(3)21-8-4-9-22(11-10-21)17-18-7-12-25-17/h5-7,12-14H,4,8-11H2,1-3H3,(H,20,24)/t14-/m0/s1. The molecule has 3 rings (SSSR count). The van der Waals surface area contributed by atoms with E-state index >= 15 is 0 Å². The van der Waals surface area contributed by atoms with Crippen LogP contribution in [0.15, 0.2) is 23.8 Å². The van der Waals surface area contributed by atoms with Crippen molar-refractivity contribution in [3.63, 3.8) is 0 Å². The lowest BCUT2D eigenvalue weighted by molar-refractivity contribution is -0.120. The van der Waals surface area contributed by atoms with Crippen LogP contribution in [-0.2, 0) is 4.79 Å². The van der Waals surface area contributed by atoms with Gasteiger partial charge in [0.15, 0.2) is 5.13 Å². The maximum Gasteiger partial charge on any atom is 0.242 e. The van der Waals surface area contributed by atoms with Gasteiger partial charge < -0.3 is 10.2 Å². The molecule has 2 aromatic heterocycles. The Morgan fingerprint density at radius 1 is 1.20 bits per heavy atom. The molecule has 1 aliphatic heterocycles. The molecule has 0 spiro atoms. The van der Waals surface area contributed by atoms with Gasteiger partial charge in [-0.05, 0) is 27.2 Å². The smallest absolute Gasteiger partial charge is 0.242 e. The first-order valence-corrected chi connectivity index (χ1v) is 9.67. The van der Waals surface area contributed by atoms with Gasteiger partial charge >= 0.3 is 0 Å². The Morgan fingerprint density at radius 2 is 2.04 bits per heavy atom. The zero-order chi connectivity index (χ0) is 17.8. The molecule has 136 valence electrons. The van der Waals surface area contributed by atoms with Crippen LogP contribution in [0.25, 0.3) is 0 Å². The van der Waals surface area contributed by atoms with E-state index in [0.717, 1.165) is 43.5 Å². The molecule has 8 heteroatoms. The van der Waals surface area contributed by atoms with E-state index in [-0.39, 0.29) is 18.0 Å². The molecule has 3 heterocycles. The third kappa shape index (κ3) is 4.19. The molecule has 0 radical (unpaired) electrons. The molecule has 0 aliphatic carbocycles. The van der Waals surface area contributed by atoms with Crippen LogP contribution in [0, 0.1) is 0 Å². The summed E-state index contributed by atoms with van der Waals surface area (Å²) in [4.78, 5) is 21.6. The highest BCUT2D eigenvalue weighted by Crippen LogP contribution is 2.20. The second-order valence-corrected chi connectivity index (χ2v) is 7.48. The predicted molar refractivity (Wildman–Crippen MR) is 101 cm³/mol. The minimum absolute atomic E-state index is 0.0186. The maximum absolute atomic E-state index is 12.7. The van der Waals surface area contributed by atoms with Crippen molar-refractivity contribution in [1.29, 1.82) is 0 Å². The van der Waals surface area contributed by atoms with Gasteiger partial charge in [0.05, 0.1) is 12.2 Å². The summed E-state index contributed by atoms with van der Waals surface area (Å²) < 4.78 is 1.83. The number of hydrogen-bond donors (Lipinski definition) is 1. The molecule has 7 nitrogen and oxygen atoms in total. The van der Waals surface area contributed by atoms with Crippen LogP contribution in [0.2, 0.25) is 0 Å². The number of thiazole rings is 1. The highest BCUT2D eigenvalue weighted by molar-refractivity contribution is 7.13. The summed E-state index contributed by atoms with van der Waals surface area (Å²) in [5, 5.41) is 10.4. The molecule has 1 saturated heterocycles. The van der Waals surface area contributed by atoms with Crippen LogP contribution in [0.1, 0.15) is 33.2 Å². The Morgan fingerprint density at radius 3 is 2.76 bits per heavy atom. The zero-order valence-electron chi connectivity index (χ0n) is 15.1. The summed E-state index contributed by atoms with van der Waals surface area (Å²) in [5.41, 5.74) is 0. The first-order chi connectivity index (χ1) is 12.1. The van der Waals surface area contributed by atoms with Crippen molar-refractivity contribution in [3.8, 4) is 0 Å². The first-order valence-electron chi connectivity index (χ1n) is 8.79. The van der Waals surface area contributed by atoms with Crippen LogP contribution in [-0.4, -0.2) is 57.8 Å². The van der Waals surface area contributed by atoms with E-state index in [0.29, 0.717) is 0 Å². The van der Waals surface area contributed by atoms with Crippen molar-refractivity contribution >= 4 is 28.2 Å². The number of anilines is 2. The molecular formula is C17H26N6OS. The molecule has 0 unspecified atom stereocenters. The van der Waals surface area contributed by atoms with Crippen molar-refractivity contribution in [2.45, 2.75) is 39.3 Å². The fourth-order valence-electron chi connectivity index (χ4n) is 3.11. The number of hydrogen-bond acceptors (Lipinski definition) is 6. The number of nitrogens with one attached hydrogen (secondary N) is 1. The summed E-state index contributed by atoms with van der Waals surface area (Å²) in [6, 6.07) is 1.88. The van der Waals surface area contributed by atoms with Crippen molar-refractivity contribution in [1.82, 2.24) is 19.7 Å². The van der Waals surface area contributed by atoms with Gasteiger partial charge in [-0.2, -0.15) is 5.10 Å². The molecule has 1 atom stereocenters. The van der Waals surface area contributed by atoms with Crippen LogP contribution < -0.4 is 10.2 Å². The van der Waals surface area contributed by atoms with Crippen LogP contribution in [0.4, 0.5) is 10.9 Å². The number of carbonyl (C=O) groups is 1. The third-order valence-electron chi connectivity index (χ3n) is 4.56. The summed E-state index contributed by atoms with van der Waals surface area (Å²) in [6.07, 6.45) is 4.59. The fraction of sp³-hybridized carbons (Fsp3) is 0.588. The lowest BCUT2D eigenvalue weighted by Crippen LogP contribution is -2.44. The topological polar surface area (TPSA) is 66.3 Å². The monoisotopic (exact) mass is 362 g/mol. The minimum Gasteiger partial charge on any atom is -0.347 e. The molecule has 1 fully saturated rings. The van der Waals surface area contributed by atoms with Gasteiger partial charge in [-0.25, -0.2) is 9.67 Å². The van der Waals surface area contributed by atoms with Crippen molar-refractivity contribution in [2.24, 2.45) is 0 Å². The van der Waals surface area contributed by atoms with E-state index in [1.165, 1.54) is 0 Å². The minimum atomic E-state index is -0.174. The summed E-state index contributed by atoms with van der Waals surface area (Å²) in [7, 11) is 0. The third-order valence-corrected chi connectivity index (χ3v) is 5.39. The van der Waals surface area contributed by atoms with Crippen molar-refractivity contribution in [2.75, 3.05) is 36.4 Å². The Balaban J connectivity index is 1.59. The molecule has 0 aromatic carbocycles. The van der Waals surface area contributed by atoms with Gasteiger partial charge in [0.2, 0.25) is 5.91 Å². The largest absolute Gasteiger partial charge is 0.347 e. The molecule has 2 aromatic rings. The molecule has 25 heavy (non-hydrogen) atoms. The Kier molecular flexibility index (Phi) is 5.70. The van der Waals surface area contributed by atoms with Crippen molar-refractivity contribution in [3.05, 3.63) is 23.8 Å². The van der Waals surface area contributed by atoms with Gasteiger partial charge in [-0.15, -0.1) is 11.3 Å². The normalized spacial score (nSPS) is 17.5. The number of nitrogens with zero attached hydrogens (tertiary/aromatic N) is 5. The van der Waals surface area contributed by atoms with Crippen molar-refractivity contribution < 1.29 is 4.79 Å². The molecule has 0 bridgehead atoms. The molecule has 1 N–H and O–H groups in total. The number of amides is 1. The van der Waals surface area contributed by atoms with Gasteiger partial charge in [-0.1, -0.05) is 0 Å². The lowest BCUT2D eigenvalue weighted by atomic mass is 10.2. The molecule has 1 aliphatic rings. The van der Waals surface area contributed by atoms with Gasteiger partial charge in [0.1, 0.15) is 5.82 Å². The SMILES string of the molecule is CC(C)n1nccc1NC(=O)[C@H](C)N1CCCN(c2nccs2)CC1. The van der Waals surface area contributed by atoms with E-state index in [4.69, 9.17) is 0 Å². The number of aromatic nitrogens is 3. The molecule has 0 saturated carbocycles. The second-order valence-electron chi connectivity index (χ2n) is 6.61. The van der Waals surface area contributed by atoms with E-state index in [2.05, 4.69) is 25.2 Å². The zero-order valence-corrected chi connectivity index (χ0v) is 15.9. The summed E-state index contributed by atoms with van der Waals surface area (Å²) in [5.74, 6) is 0.774. The van der Waals surface area contributed by atoms with Crippen LogP contribution >= 0.6 is 11.3 Å². The Hall–Kier alpha value is -1.93. The average molecular weight is 363 g/mol. The highest BCUT2D eigenvalue weighted by atomic mass is 32.1. The first kappa shape index (κ1) is 17.9. The maximum atomic E-state index is 12.7. The summed E-state index contributed by atoms with van der Waals surface area (Å²) in [6.45, 7) is 9.73. The van der Waals surface area contributed by atoms with Gasteiger partial charge in [0.25, 0.3) is 0 Å². The van der Waals surface area contributed by atoms with Gasteiger partial charge in [-0.3, -0.25) is 9.69 Å². The average Bonchev–Trinajstić information content (AvgIpc) is 3.22. The quantitative estimate of drug-likeness (QED) is 0.885. The second kappa shape index (κ2) is 7.97. The van der Waals surface area contributed by atoms with Gasteiger partial charge in [0, 0.05) is 49.9 Å².